The average molecular weight is 253 g/mol. The number of aromatic nitrogens is 2. The van der Waals surface area contributed by atoms with Crippen molar-refractivity contribution in [3.8, 4) is 0 Å². The molecule has 0 aliphatic carbocycles. The number of nitrogens with one attached hydrogen (secondary N) is 1. The lowest BCUT2D eigenvalue weighted by molar-refractivity contribution is 0.892. The van der Waals surface area contributed by atoms with Crippen LogP contribution in [0.15, 0.2) is 12.1 Å². The van der Waals surface area contributed by atoms with Gasteiger partial charge in [0.1, 0.15) is 5.01 Å². The SMILES string of the molecule is CCc1ccc(C(C)Nc2nnc(C)s2)s1. The fourth-order valence-corrected chi connectivity index (χ4v) is 3.06. The number of thiophene rings is 1. The second-order valence-corrected chi connectivity index (χ2v) is 6.03. The largest absolute Gasteiger partial charge is 0.353 e. The normalized spacial score (nSPS) is 12.7. The van der Waals surface area contributed by atoms with Crippen molar-refractivity contribution in [2.45, 2.75) is 33.2 Å². The molecule has 0 bridgehead atoms. The number of nitrogens with zero attached hydrogens (tertiary/aromatic N) is 2. The number of rotatable bonds is 4. The minimum absolute atomic E-state index is 0.303. The quantitative estimate of drug-likeness (QED) is 0.904. The van der Waals surface area contributed by atoms with Crippen molar-refractivity contribution in [3.05, 3.63) is 26.9 Å². The molecule has 0 spiro atoms. The zero-order valence-electron chi connectivity index (χ0n) is 9.65. The molecular weight excluding hydrogens is 238 g/mol. The Bertz CT molecular complexity index is 461. The predicted octanol–water partition coefficient (Wildman–Crippen LogP) is 3.64. The molecule has 5 heteroatoms. The van der Waals surface area contributed by atoms with Crippen molar-refractivity contribution in [1.29, 1.82) is 0 Å². The van der Waals surface area contributed by atoms with E-state index in [1.165, 1.54) is 9.75 Å². The van der Waals surface area contributed by atoms with E-state index in [-0.39, 0.29) is 0 Å². The van der Waals surface area contributed by atoms with E-state index in [2.05, 4.69) is 41.5 Å². The molecule has 0 aliphatic heterocycles. The van der Waals surface area contributed by atoms with Gasteiger partial charge in [-0.05, 0) is 32.4 Å². The van der Waals surface area contributed by atoms with Gasteiger partial charge in [-0.1, -0.05) is 18.3 Å². The van der Waals surface area contributed by atoms with Crippen molar-refractivity contribution in [2.24, 2.45) is 0 Å². The Kier molecular flexibility index (Phi) is 3.56. The highest BCUT2D eigenvalue weighted by Crippen LogP contribution is 2.27. The molecule has 0 aromatic carbocycles. The third kappa shape index (κ3) is 2.59. The molecule has 2 heterocycles. The highest BCUT2D eigenvalue weighted by atomic mass is 32.1. The van der Waals surface area contributed by atoms with Crippen LogP contribution < -0.4 is 5.32 Å². The summed E-state index contributed by atoms with van der Waals surface area (Å²) in [6.45, 7) is 6.30. The lowest BCUT2D eigenvalue weighted by Gasteiger charge is -2.09. The van der Waals surface area contributed by atoms with Gasteiger partial charge in [-0.2, -0.15) is 0 Å². The van der Waals surface area contributed by atoms with Crippen LogP contribution in [-0.2, 0) is 6.42 Å². The molecule has 1 atom stereocenters. The zero-order valence-corrected chi connectivity index (χ0v) is 11.3. The topological polar surface area (TPSA) is 37.8 Å². The number of hydrogen-bond donors (Lipinski definition) is 1. The van der Waals surface area contributed by atoms with Gasteiger partial charge >= 0.3 is 0 Å². The maximum absolute atomic E-state index is 4.07. The maximum Gasteiger partial charge on any atom is 0.206 e. The molecule has 0 fully saturated rings. The standard InChI is InChI=1S/C11H15N3S2/c1-4-9-5-6-10(16-9)7(2)12-11-14-13-8(3)15-11/h5-7H,4H2,1-3H3,(H,12,14). The summed E-state index contributed by atoms with van der Waals surface area (Å²) < 4.78 is 0. The van der Waals surface area contributed by atoms with E-state index in [0.717, 1.165) is 16.6 Å². The van der Waals surface area contributed by atoms with E-state index in [4.69, 9.17) is 0 Å². The second-order valence-electron chi connectivity index (χ2n) is 3.65. The van der Waals surface area contributed by atoms with Crippen LogP contribution in [0.4, 0.5) is 5.13 Å². The summed E-state index contributed by atoms with van der Waals surface area (Å²) in [7, 11) is 0. The summed E-state index contributed by atoms with van der Waals surface area (Å²) in [5, 5.41) is 13.3. The number of aryl methyl sites for hydroxylation is 2. The molecule has 2 aromatic rings. The molecule has 0 aliphatic rings. The summed E-state index contributed by atoms with van der Waals surface area (Å²) in [4.78, 5) is 2.78. The third-order valence-electron chi connectivity index (χ3n) is 2.32. The van der Waals surface area contributed by atoms with E-state index < -0.39 is 0 Å². The molecule has 3 nitrogen and oxygen atoms in total. The van der Waals surface area contributed by atoms with E-state index >= 15 is 0 Å². The molecule has 0 radical (unpaired) electrons. The minimum Gasteiger partial charge on any atom is -0.353 e. The van der Waals surface area contributed by atoms with Gasteiger partial charge in [0.2, 0.25) is 5.13 Å². The predicted molar refractivity (Wildman–Crippen MR) is 70.4 cm³/mol. The first kappa shape index (κ1) is 11.5. The molecule has 2 rings (SSSR count). The van der Waals surface area contributed by atoms with Gasteiger partial charge in [0, 0.05) is 9.75 Å². The highest BCUT2D eigenvalue weighted by molar-refractivity contribution is 7.15. The number of hydrogen-bond acceptors (Lipinski definition) is 5. The van der Waals surface area contributed by atoms with Crippen LogP contribution in [0.1, 0.15) is 34.7 Å². The van der Waals surface area contributed by atoms with Gasteiger partial charge in [0.25, 0.3) is 0 Å². The van der Waals surface area contributed by atoms with Gasteiger partial charge in [-0.25, -0.2) is 0 Å². The Hall–Kier alpha value is -0.940. The second kappa shape index (κ2) is 4.93. The van der Waals surface area contributed by atoms with Crippen LogP contribution in [0.3, 0.4) is 0 Å². The van der Waals surface area contributed by atoms with Gasteiger partial charge < -0.3 is 5.32 Å². The van der Waals surface area contributed by atoms with Gasteiger partial charge in [-0.15, -0.1) is 21.5 Å². The van der Waals surface area contributed by atoms with Crippen LogP contribution in [-0.4, -0.2) is 10.2 Å². The van der Waals surface area contributed by atoms with E-state index in [0.29, 0.717) is 6.04 Å². The Labute approximate surface area is 104 Å². The third-order valence-corrected chi connectivity index (χ3v) is 4.51. The molecule has 0 saturated heterocycles. The molecule has 1 N–H and O–H groups in total. The molecule has 16 heavy (non-hydrogen) atoms. The van der Waals surface area contributed by atoms with Crippen molar-refractivity contribution in [3.63, 3.8) is 0 Å². The lowest BCUT2D eigenvalue weighted by Crippen LogP contribution is -2.04. The molecule has 0 amide bonds. The lowest BCUT2D eigenvalue weighted by atomic mass is 10.3. The Morgan fingerprint density at radius 1 is 1.31 bits per heavy atom. The van der Waals surface area contributed by atoms with Crippen LogP contribution in [0, 0.1) is 6.92 Å². The first-order valence-electron chi connectivity index (χ1n) is 5.34. The molecule has 2 aromatic heterocycles. The molecule has 86 valence electrons. The summed E-state index contributed by atoms with van der Waals surface area (Å²) in [6.07, 6.45) is 1.11. The van der Waals surface area contributed by atoms with Crippen molar-refractivity contribution >= 4 is 27.8 Å². The van der Waals surface area contributed by atoms with Crippen LogP contribution >= 0.6 is 22.7 Å². The zero-order chi connectivity index (χ0) is 11.5. The van der Waals surface area contributed by atoms with Crippen LogP contribution in [0.5, 0.6) is 0 Å². The van der Waals surface area contributed by atoms with E-state index in [1.54, 1.807) is 11.3 Å². The van der Waals surface area contributed by atoms with Crippen LogP contribution in [0.25, 0.3) is 0 Å². The fourth-order valence-electron chi connectivity index (χ4n) is 1.43. The molecule has 1 unspecified atom stereocenters. The monoisotopic (exact) mass is 253 g/mol. The Morgan fingerprint density at radius 2 is 2.12 bits per heavy atom. The fraction of sp³-hybridized carbons (Fsp3) is 0.455. The van der Waals surface area contributed by atoms with E-state index in [9.17, 15) is 0 Å². The van der Waals surface area contributed by atoms with Crippen LogP contribution in [0.2, 0.25) is 0 Å². The van der Waals surface area contributed by atoms with Crippen molar-refractivity contribution in [1.82, 2.24) is 10.2 Å². The highest BCUT2D eigenvalue weighted by Gasteiger charge is 2.10. The summed E-state index contributed by atoms with van der Waals surface area (Å²) in [5.74, 6) is 0. The first-order valence-corrected chi connectivity index (χ1v) is 6.97. The Morgan fingerprint density at radius 3 is 2.69 bits per heavy atom. The smallest absolute Gasteiger partial charge is 0.206 e. The molecule has 0 saturated carbocycles. The summed E-state index contributed by atoms with van der Waals surface area (Å²) >= 11 is 3.46. The molecular formula is C11H15N3S2. The first-order chi connectivity index (χ1) is 7.69. The van der Waals surface area contributed by atoms with Crippen molar-refractivity contribution < 1.29 is 0 Å². The average Bonchev–Trinajstić information content (AvgIpc) is 2.87. The summed E-state index contributed by atoms with van der Waals surface area (Å²) in [5.41, 5.74) is 0. The van der Waals surface area contributed by atoms with E-state index in [1.807, 2.05) is 18.3 Å². The van der Waals surface area contributed by atoms with Crippen molar-refractivity contribution in [2.75, 3.05) is 5.32 Å². The van der Waals surface area contributed by atoms with Gasteiger partial charge in [-0.3, -0.25) is 0 Å². The Balaban J connectivity index is 2.05. The van der Waals surface area contributed by atoms with Gasteiger partial charge in [0.15, 0.2) is 0 Å². The minimum atomic E-state index is 0.303. The van der Waals surface area contributed by atoms with Gasteiger partial charge in [0.05, 0.1) is 6.04 Å². The number of anilines is 1. The summed E-state index contributed by atoms with van der Waals surface area (Å²) in [6, 6.07) is 4.69. The maximum atomic E-state index is 4.07.